The van der Waals surface area contributed by atoms with E-state index in [1.165, 1.54) is 0 Å². The first-order chi connectivity index (χ1) is 9.26. The number of para-hydroxylation sites is 2. The van der Waals surface area contributed by atoms with Crippen molar-refractivity contribution in [1.82, 2.24) is 9.88 Å². The van der Waals surface area contributed by atoms with Crippen LogP contribution in [0.2, 0.25) is 0 Å². The molecule has 1 aromatic heterocycles. The molecule has 1 unspecified atom stereocenters. The van der Waals surface area contributed by atoms with Crippen LogP contribution in [0.15, 0.2) is 33.5 Å². The highest BCUT2D eigenvalue weighted by Gasteiger charge is 2.09. The number of aromatic nitrogens is 1. The number of fused-ring (bicyclic) bond motifs is 1. The molecule has 4 heteroatoms. The Balaban J connectivity index is 2.02. The van der Waals surface area contributed by atoms with Crippen LogP contribution in [-0.2, 0) is 6.54 Å². The molecule has 1 aromatic carbocycles. The molecule has 0 fully saturated rings. The predicted molar refractivity (Wildman–Crippen MR) is 77.5 cm³/mol. The summed E-state index contributed by atoms with van der Waals surface area (Å²) in [5, 5.41) is 3.45. The molecule has 104 valence electrons. The van der Waals surface area contributed by atoms with Gasteiger partial charge in [-0.3, -0.25) is 4.57 Å². The Morgan fingerprint density at radius 1 is 1.32 bits per heavy atom. The van der Waals surface area contributed by atoms with Crippen LogP contribution in [0.1, 0.15) is 33.1 Å². The summed E-state index contributed by atoms with van der Waals surface area (Å²) in [5.74, 6) is -0.252. The Bertz CT molecular complexity index is 571. The average Bonchev–Trinajstić information content (AvgIpc) is 2.74. The number of rotatable bonds is 7. The molecule has 0 spiro atoms. The third kappa shape index (κ3) is 3.26. The Morgan fingerprint density at radius 2 is 2.11 bits per heavy atom. The van der Waals surface area contributed by atoms with Crippen molar-refractivity contribution in [3.8, 4) is 0 Å². The maximum Gasteiger partial charge on any atom is 0.419 e. The van der Waals surface area contributed by atoms with Gasteiger partial charge in [0.25, 0.3) is 0 Å². The highest BCUT2D eigenvalue weighted by molar-refractivity contribution is 5.72. The summed E-state index contributed by atoms with van der Waals surface area (Å²) < 4.78 is 6.95. The summed E-state index contributed by atoms with van der Waals surface area (Å²) in [4.78, 5) is 11.8. The van der Waals surface area contributed by atoms with Crippen LogP contribution in [-0.4, -0.2) is 17.2 Å². The largest absolute Gasteiger partial charge is 0.419 e. The number of nitrogens with one attached hydrogen (secondary N) is 1. The fourth-order valence-corrected chi connectivity index (χ4v) is 2.46. The van der Waals surface area contributed by atoms with Crippen LogP contribution in [0.4, 0.5) is 0 Å². The van der Waals surface area contributed by atoms with Crippen molar-refractivity contribution in [2.45, 2.75) is 45.7 Å². The molecule has 2 aromatic rings. The van der Waals surface area contributed by atoms with Gasteiger partial charge in [-0.05, 0) is 37.9 Å². The molecular formula is C15H22N2O2. The van der Waals surface area contributed by atoms with Crippen molar-refractivity contribution < 1.29 is 4.42 Å². The highest BCUT2D eigenvalue weighted by Crippen LogP contribution is 2.13. The van der Waals surface area contributed by atoms with E-state index >= 15 is 0 Å². The quantitative estimate of drug-likeness (QED) is 0.834. The molecule has 1 N–H and O–H groups in total. The summed E-state index contributed by atoms with van der Waals surface area (Å²) in [6, 6.07) is 8.12. The monoisotopic (exact) mass is 262 g/mol. The Kier molecular flexibility index (Phi) is 4.80. The molecule has 0 saturated heterocycles. The standard InChI is InChI=1S/C15H22N2O2/c1-3-12(16-4-2)8-7-11-17-13-9-5-6-10-14(13)19-15(17)18/h5-6,9-10,12,16H,3-4,7-8,11H2,1-2H3. The van der Waals surface area contributed by atoms with Gasteiger partial charge in [0.1, 0.15) is 0 Å². The lowest BCUT2D eigenvalue weighted by molar-refractivity contribution is 0.435. The lowest BCUT2D eigenvalue weighted by atomic mass is 10.1. The lowest BCUT2D eigenvalue weighted by Crippen LogP contribution is -2.28. The highest BCUT2D eigenvalue weighted by atomic mass is 16.4. The summed E-state index contributed by atoms with van der Waals surface area (Å²) in [5.41, 5.74) is 1.57. The van der Waals surface area contributed by atoms with Crippen LogP contribution in [0.5, 0.6) is 0 Å². The number of oxazole rings is 1. The zero-order chi connectivity index (χ0) is 13.7. The van der Waals surface area contributed by atoms with E-state index in [2.05, 4.69) is 19.2 Å². The maximum absolute atomic E-state index is 11.8. The van der Waals surface area contributed by atoms with E-state index < -0.39 is 0 Å². The van der Waals surface area contributed by atoms with E-state index in [4.69, 9.17) is 4.42 Å². The summed E-state index contributed by atoms with van der Waals surface area (Å²) in [7, 11) is 0. The van der Waals surface area contributed by atoms with Crippen LogP contribution in [0, 0.1) is 0 Å². The minimum Gasteiger partial charge on any atom is -0.408 e. The minimum atomic E-state index is -0.252. The van der Waals surface area contributed by atoms with Crippen LogP contribution >= 0.6 is 0 Å². The molecule has 19 heavy (non-hydrogen) atoms. The summed E-state index contributed by atoms with van der Waals surface area (Å²) in [6.07, 6.45) is 3.18. The molecule has 1 atom stereocenters. The second-order valence-electron chi connectivity index (χ2n) is 4.79. The van der Waals surface area contributed by atoms with Crippen LogP contribution in [0.25, 0.3) is 11.1 Å². The smallest absolute Gasteiger partial charge is 0.408 e. The van der Waals surface area contributed by atoms with E-state index in [1.54, 1.807) is 4.57 Å². The fourth-order valence-electron chi connectivity index (χ4n) is 2.46. The third-order valence-electron chi connectivity index (χ3n) is 3.49. The number of hydrogen-bond acceptors (Lipinski definition) is 3. The van der Waals surface area contributed by atoms with E-state index in [1.807, 2.05) is 24.3 Å². The van der Waals surface area contributed by atoms with Crippen molar-refractivity contribution in [3.05, 3.63) is 34.8 Å². The van der Waals surface area contributed by atoms with E-state index in [0.717, 1.165) is 37.9 Å². The molecule has 0 bridgehead atoms. The molecule has 4 nitrogen and oxygen atoms in total. The second kappa shape index (κ2) is 6.57. The molecule has 0 aliphatic carbocycles. The van der Waals surface area contributed by atoms with Crippen LogP contribution < -0.4 is 11.1 Å². The Hall–Kier alpha value is -1.55. The normalized spacial score (nSPS) is 12.9. The van der Waals surface area contributed by atoms with Gasteiger partial charge in [0.15, 0.2) is 5.58 Å². The predicted octanol–water partition coefficient (Wildman–Crippen LogP) is 2.76. The zero-order valence-electron chi connectivity index (χ0n) is 11.7. The number of hydrogen-bond donors (Lipinski definition) is 1. The minimum absolute atomic E-state index is 0.252. The Labute approximate surface area is 113 Å². The Morgan fingerprint density at radius 3 is 2.84 bits per heavy atom. The number of aryl methyl sites for hydroxylation is 1. The SMILES string of the molecule is CCNC(CC)CCCn1c(=O)oc2ccccc21. The zero-order valence-corrected chi connectivity index (χ0v) is 11.7. The van der Waals surface area contributed by atoms with Gasteiger partial charge in [-0.15, -0.1) is 0 Å². The average molecular weight is 262 g/mol. The third-order valence-corrected chi connectivity index (χ3v) is 3.49. The van der Waals surface area contributed by atoms with Crippen LogP contribution in [0.3, 0.4) is 0 Å². The van der Waals surface area contributed by atoms with Crippen molar-refractivity contribution in [2.75, 3.05) is 6.54 Å². The van der Waals surface area contributed by atoms with Gasteiger partial charge in [0.2, 0.25) is 0 Å². The first-order valence-electron chi connectivity index (χ1n) is 7.08. The molecule has 0 radical (unpaired) electrons. The molecule has 0 aliphatic heterocycles. The maximum atomic E-state index is 11.8. The molecular weight excluding hydrogens is 240 g/mol. The van der Waals surface area contributed by atoms with Gasteiger partial charge < -0.3 is 9.73 Å². The summed E-state index contributed by atoms with van der Waals surface area (Å²) in [6.45, 7) is 6.02. The second-order valence-corrected chi connectivity index (χ2v) is 4.79. The summed E-state index contributed by atoms with van der Waals surface area (Å²) >= 11 is 0. The topological polar surface area (TPSA) is 47.2 Å². The van der Waals surface area contributed by atoms with E-state index in [0.29, 0.717) is 11.6 Å². The van der Waals surface area contributed by atoms with Crippen molar-refractivity contribution >= 4 is 11.1 Å². The van der Waals surface area contributed by atoms with E-state index in [9.17, 15) is 4.79 Å². The van der Waals surface area contributed by atoms with E-state index in [-0.39, 0.29) is 5.76 Å². The first kappa shape index (κ1) is 13.9. The van der Waals surface area contributed by atoms with Gasteiger partial charge in [-0.1, -0.05) is 26.0 Å². The van der Waals surface area contributed by atoms with Gasteiger partial charge >= 0.3 is 5.76 Å². The number of benzene rings is 1. The first-order valence-corrected chi connectivity index (χ1v) is 7.08. The molecule has 0 amide bonds. The van der Waals surface area contributed by atoms with Crippen molar-refractivity contribution in [3.63, 3.8) is 0 Å². The van der Waals surface area contributed by atoms with Gasteiger partial charge in [0, 0.05) is 12.6 Å². The van der Waals surface area contributed by atoms with Gasteiger partial charge in [0.05, 0.1) is 5.52 Å². The van der Waals surface area contributed by atoms with Crippen molar-refractivity contribution in [1.29, 1.82) is 0 Å². The molecule has 1 heterocycles. The van der Waals surface area contributed by atoms with Crippen molar-refractivity contribution in [2.24, 2.45) is 0 Å². The molecule has 2 rings (SSSR count). The fraction of sp³-hybridized carbons (Fsp3) is 0.533. The lowest BCUT2D eigenvalue weighted by Gasteiger charge is -2.15. The molecule has 0 saturated carbocycles. The van der Waals surface area contributed by atoms with Gasteiger partial charge in [-0.2, -0.15) is 0 Å². The van der Waals surface area contributed by atoms with Gasteiger partial charge in [-0.25, -0.2) is 4.79 Å². The molecule has 0 aliphatic rings. The number of nitrogens with zero attached hydrogens (tertiary/aromatic N) is 1.